The Morgan fingerprint density at radius 1 is 1.28 bits per heavy atom. The van der Waals surface area contributed by atoms with E-state index in [1.807, 2.05) is 30.0 Å². The number of piperidine rings is 1. The molecule has 2 aliphatic heterocycles. The van der Waals surface area contributed by atoms with E-state index >= 15 is 0 Å². The maximum absolute atomic E-state index is 12.7. The third-order valence-electron chi connectivity index (χ3n) is 5.51. The number of amides is 1. The Labute approximate surface area is 175 Å². The van der Waals surface area contributed by atoms with Crippen LogP contribution in [0.15, 0.2) is 18.2 Å². The molecule has 9 heteroatoms. The van der Waals surface area contributed by atoms with Crippen molar-refractivity contribution in [3.8, 4) is 0 Å². The quantitative estimate of drug-likeness (QED) is 0.802. The number of nitrogens with one attached hydrogen (secondary N) is 1. The smallest absolute Gasteiger partial charge is 0.236 e. The molecule has 1 atom stereocenters. The molecule has 0 saturated carbocycles. The van der Waals surface area contributed by atoms with Gasteiger partial charge in [-0.15, -0.1) is 10.2 Å². The van der Waals surface area contributed by atoms with Gasteiger partial charge in [-0.1, -0.05) is 24.3 Å². The number of nitrogens with zero attached hydrogens (tertiary/aromatic N) is 5. The van der Waals surface area contributed by atoms with Crippen LogP contribution in [0.3, 0.4) is 0 Å². The zero-order valence-electron chi connectivity index (χ0n) is 17.0. The first-order valence-electron chi connectivity index (χ1n) is 10.2. The Morgan fingerprint density at radius 3 is 2.86 bits per heavy atom. The molecule has 2 aromatic heterocycles. The van der Waals surface area contributed by atoms with Gasteiger partial charge < -0.3 is 15.0 Å². The Hall–Kier alpha value is -2.10. The lowest BCUT2D eigenvalue weighted by Gasteiger charge is -2.35. The number of aryl methyl sites for hydroxylation is 1. The predicted molar refractivity (Wildman–Crippen MR) is 112 cm³/mol. The second kappa shape index (κ2) is 9.15. The lowest BCUT2D eigenvalue weighted by atomic mass is 9.99. The number of hydrogen-bond acceptors (Lipinski definition) is 8. The van der Waals surface area contributed by atoms with E-state index in [0.717, 1.165) is 60.0 Å². The van der Waals surface area contributed by atoms with Crippen LogP contribution in [0.5, 0.6) is 0 Å². The summed E-state index contributed by atoms with van der Waals surface area (Å²) in [6.45, 7) is 8.45. The molecule has 4 heterocycles. The maximum atomic E-state index is 12.7. The molecule has 0 bridgehead atoms. The molecule has 2 fully saturated rings. The minimum absolute atomic E-state index is 0.143. The van der Waals surface area contributed by atoms with Crippen molar-refractivity contribution in [3.63, 3.8) is 0 Å². The molecule has 1 unspecified atom stereocenters. The topological polar surface area (TPSA) is 83.5 Å². The van der Waals surface area contributed by atoms with Crippen molar-refractivity contribution in [2.24, 2.45) is 5.92 Å². The summed E-state index contributed by atoms with van der Waals surface area (Å²) in [5.41, 5.74) is 0.861. The summed E-state index contributed by atoms with van der Waals surface area (Å²) in [7, 11) is 0. The summed E-state index contributed by atoms with van der Waals surface area (Å²) in [6, 6.07) is 5.83. The van der Waals surface area contributed by atoms with Gasteiger partial charge in [0, 0.05) is 26.2 Å². The molecule has 2 aliphatic rings. The van der Waals surface area contributed by atoms with E-state index < -0.39 is 0 Å². The number of carbonyl (C=O) groups excluding carboxylic acids is 1. The molecule has 0 aromatic carbocycles. The van der Waals surface area contributed by atoms with Crippen molar-refractivity contribution in [2.45, 2.75) is 32.8 Å². The van der Waals surface area contributed by atoms with Crippen molar-refractivity contribution in [2.75, 3.05) is 44.6 Å². The molecule has 2 aromatic rings. The molecule has 156 valence electrons. The van der Waals surface area contributed by atoms with E-state index in [9.17, 15) is 4.79 Å². The first kappa shape index (κ1) is 20.2. The van der Waals surface area contributed by atoms with Crippen LogP contribution in [0.1, 0.15) is 36.6 Å². The number of ether oxygens (including phenoxy) is 1. The average Bonchev–Trinajstić information content (AvgIpc) is 3.13. The molecule has 4 rings (SSSR count). The molecule has 0 aliphatic carbocycles. The van der Waals surface area contributed by atoms with Crippen LogP contribution in [-0.2, 0) is 9.53 Å². The molecule has 1 N–H and O–H groups in total. The van der Waals surface area contributed by atoms with Gasteiger partial charge in [0.25, 0.3) is 0 Å². The summed E-state index contributed by atoms with van der Waals surface area (Å²) in [5.74, 6) is 1.67. The van der Waals surface area contributed by atoms with Gasteiger partial charge in [-0.05, 0) is 37.8 Å². The molecule has 0 radical (unpaired) electrons. The summed E-state index contributed by atoms with van der Waals surface area (Å²) >= 11 is 1.49. The van der Waals surface area contributed by atoms with Gasteiger partial charge in [0.05, 0.1) is 18.8 Å². The van der Waals surface area contributed by atoms with Crippen LogP contribution in [0.25, 0.3) is 0 Å². The minimum atomic E-state index is -0.143. The van der Waals surface area contributed by atoms with Crippen LogP contribution in [0.4, 0.5) is 10.9 Å². The first-order chi connectivity index (χ1) is 14.1. The van der Waals surface area contributed by atoms with E-state index in [4.69, 9.17) is 9.72 Å². The Balaban J connectivity index is 1.35. The fourth-order valence-corrected chi connectivity index (χ4v) is 4.33. The molecule has 8 nitrogen and oxygen atoms in total. The Bertz CT molecular complexity index is 836. The zero-order valence-corrected chi connectivity index (χ0v) is 17.8. The van der Waals surface area contributed by atoms with Crippen molar-refractivity contribution in [1.82, 2.24) is 25.0 Å². The van der Waals surface area contributed by atoms with E-state index in [1.54, 1.807) is 0 Å². The van der Waals surface area contributed by atoms with Gasteiger partial charge in [-0.25, -0.2) is 4.98 Å². The standard InChI is InChI=1S/C20H28N6O2S/c1-14-6-8-26(9-7-14)19(27)13-25-10-11-28-17(12-25)16-4-3-5-18(21-16)22-20-24-23-15(2)29-20/h3-5,14,17H,6-13H2,1-2H3,(H,21,22,24). The first-order valence-corrected chi connectivity index (χ1v) is 11.0. The molecule has 2 saturated heterocycles. The van der Waals surface area contributed by atoms with Crippen LogP contribution in [0.2, 0.25) is 0 Å². The average molecular weight is 417 g/mol. The molecular weight excluding hydrogens is 388 g/mol. The molecule has 29 heavy (non-hydrogen) atoms. The monoisotopic (exact) mass is 416 g/mol. The number of likely N-dealkylation sites (tertiary alicyclic amines) is 1. The number of carbonyl (C=O) groups is 1. The summed E-state index contributed by atoms with van der Waals surface area (Å²) < 4.78 is 5.96. The Morgan fingerprint density at radius 2 is 2.10 bits per heavy atom. The summed E-state index contributed by atoms with van der Waals surface area (Å²) in [4.78, 5) is 21.6. The molecule has 1 amide bonds. The zero-order chi connectivity index (χ0) is 20.2. The largest absolute Gasteiger partial charge is 0.369 e. The third-order valence-corrected chi connectivity index (χ3v) is 6.26. The van der Waals surface area contributed by atoms with Crippen molar-refractivity contribution in [1.29, 1.82) is 0 Å². The van der Waals surface area contributed by atoms with Crippen LogP contribution in [0, 0.1) is 12.8 Å². The van der Waals surface area contributed by atoms with Gasteiger partial charge in [0.1, 0.15) is 16.9 Å². The van der Waals surface area contributed by atoms with Crippen LogP contribution in [-0.4, -0.2) is 70.2 Å². The summed E-state index contributed by atoms with van der Waals surface area (Å²) in [6.07, 6.45) is 2.07. The highest BCUT2D eigenvalue weighted by Gasteiger charge is 2.27. The maximum Gasteiger partial charge on any atom is 0.236 e. The third kappa shape index (κ3) is 5.29. The lowest BCUT2D eigenvalue weighted by molar-refractivity contribution is -0.135. The van der Waals surface area contributed by atoms with E-state index in [2.05, 4.69) is 27.3 Å². The predicted octanol–water partition coefficient (Wildman–Crippen LogP) is 2.62. The number of morpholine rings is 1. The lowest BCUT2D eigenvalue weighted by Crippen LogP contribution is -2.47. The Kier molecular flexibility index (Phi) is 6.37. The molecular formula is C20H28N6O2S. The van der Waals surface area contributed by atoms with Crippen LogP contribution < -0.4 is 5.32 Å². The van der Waals surface area contributed by atoms with Gasteiger partial charge >= 0.3 is 0 Å². The fourth-order valence-electron chi connectivity index (χ4n) is 3.73. The highest BCUT2D eigenvalue weighted by atomic mass is 32.1. The number of hydrogen-bond donors (Lipinski definition) is 1. The fraction of sp³-hybridized carbons (Fsp3) is 0.600. The van der Waals surface area contributed by atoms with E-state index in [1.165, 1.54) is 11.3 Å². The SMILES string of the molecule is Cc1nnc(Nc2cccc(C3CN(CC(=O)N4CCC(C)CC4)CCO3)n2)s1. The number of anilines is 2. The van der Waals surface area contributed by atoms with E-state index in [0.29, 0.717) is 19.7 Å². The van der Waals surface area contributed by atoms with E-state index in [-0.39, 0.29) is 12.0 Å². The van der Waals surface area contributed by atoms with Gasteiger partial charge in [0.2, 0.25) is 11.0 Å². The number of rotatable bonds is 5. The molecule has 0 spiro atoms. The minimum Gasteiger partial charge on any atom is -0.369 e. The highest BCUT2D eigenvalue weighted by molar-refractivity contribution is 7.15. The van der Waals surface area contributed by atoms with Gasteiger partial charge in [-0.3, -0.25) is 9.69 Å². The number of pyridine rings is 1. The van der Waals surface area contributed by atoms with Crippen molar-refractivity contribution in [3.05, 3.63) is 28.9 Å². The van der Waals surface area contributed by atoms with Crippen molar-refractivity contribution < 1.29 is 9.53 Å². The second-order valence-electron chi connectivity index (χ2n) is 7.86. The normalized spacial score (nSPS) is 21.3. The number of aromatic nitrogens is 3. The van der Waals surface area contributed by atoms with Gasteiger partial charge in [0.15, 0.2) is 0 Å². The van der Waals surface area contributed by atoms with Crippen LogP contribution >= 0.6 is 11.3 Å². The van der Waals surface area contributed by atoms with Crippen molar-refractivity contribution >= 4 is 28.2 Å². The summed E-state index contributed by atoms with van der Waals surface area (Å²) in [5, 5.41) is 12.9. The highest BCUT2D eigenvalue weighted by Crippen LogP contribution is 2.24. The second-order valence-corrected chi connectivity index (χ2v) is 9.04. The van der Waals surface area contributed by atoms with Gasteiger partial charge in [-0.2, -0.15) is 0 Å².